The van der Waals surface area contributed by atoms with Gasteiger partial charge in [-0.15, -0.1) is 0 Å². The normalized spacial score (nSPS) is 11.2. The Hall–Kier alpha value is -2.72. The van der Waals surface area contributed by atoms with Gasteiger partial charge in [0.25, 0.3) is 0 Å². The molecule has 0 aliphatic carbocycles. The summed E-state index contributed by atoms with van der Waals surface area (Å²) in [6.45, 7) is 0.210. The molecule has 1 heterocycles. The second kappa shape index (κ2) is 9.61. The SMILES string of the molecule is O=C(N/N=C\c1ccccc1OCc1cccc(F)c1)c1cc2cc(Br)cc(I)c2o1. The first-order valence-electron chi connectivity index (χ1n) is 9.18. The first-order chi connectivity index (χ1) is 15.0. The summed E-state index contributed by atoms with van der Waals surface area (Å²) >= 11 is 5.59. The molecule has 0 aliphatic rings. The first-order valence-corrected chi connectivity index (χ1v) is 11.0. The molecule has 31 heavy (non-hydrogen) atoms. The molecule has 3 aromatic carbocycles. The predicted octanol–water partition coefficient (Wildman–Crippen LogP) is 6.28. The highest BCUT2D eigenvalue weighted by Gasteiger charge is 2.14. The zero-order valence-corrected chi connectivity index (χ0v) is 19.7. The van der Waals surface area contributed by atoms with Crippen molar-refractivity contribution in [2.75, 3.05) is 0 Å². The molecule has 4 aromatic rings. The lowest BCUT2D eigenvalue weighted by atomic mass is 10.2. The third-order valence-corrected chi connectivity index (χ3v) is 5.59. The maximum absolute atomic E-state index is 13.3. The van der Waals surface area contributed by atoms with Crippen molar-refractivity contribution in [2.45, 2.75) is 6.61 Å². The van der Waals surface area contributed by atoms with Crippen molar-refractivity contribution in [1.29, 1.82) is 0 Å². The summed E-state index contributed by atoms with van der Waals surface area (Å²) in [7, 11) is 0. The van der Waals surface area contributed by atoms with Gasteiger partial charge in [-0.3, -0.25) is 4.79 Å². The van der Waals surface area contributed by atoms with Crippen LogP contribution in [0, 0.1) is 9.39 Å². The summed E-state index contributed by atoms with van der Waals surface area (Å²) in [6, 6.07) is 18.9. The molecule has 5 nitrogen and oxygen atoms in total. The van der Waals surface area contributed by atoms with Crippen LogP contribution < -0.4 is 10.2 Å². The number of rotatable bonds is 6. The van der Waals surface area contributed by atoms with Gasteiger partial charge in [-0.25, -0.2) is 9.82 Å². The first kappa shape index (κ1) is 21.5. The number of hydrogen-bond donors (Lipinski definition) is 1. The quantitative estimate of drug-likeness (QED) is 0.163. The minimum atomic E-state index is -0.461. The van der Waals surface area contributed by atoms with Crippen LogP contribution in [0.4, 0.5) is 4.39 Å². The Balaban J connectivity index is 1.44. The van der Waals surface area contributed by atoms with E-state index in [4.69, 9.17) is 9.15 Å². The van der Waals surface area contributed by atoms with E-state index in [1.807, 2.05) is 24.3 Å². The van der Waals surface area contributed by atoms with Crippen molar-refractivity contribution in [3.8, 4) is 5.75 Å². The van der Waals surface area contributed by atoms with Crippen LogP contribution >= 0.6 is 38.5 Å². The summed E-state index contributed by atoms with van der Waals surface area (Å²) in [5.41, 5.74) is 4.50. The number of hydrogen-bond acceptors (Lipinski definition) is 4. The Morgan fingerprint density at radius 3 is 2.84 bits per heavy atom. The molecule has 0 fully saturated rings. The van der Waals surface area contributed by atoms with Crippen molar-refractivity contribution in [2.24, 2.45) is 5.10 Å². The molecule has 0 spiro atoms. The van der Waals surface area contributed by atoms with E-state index in [0.717, 1.165) is 13.4 Å². The molecule has 0 radical (unpaired) electrons. The maximum Gasteiger partial charge on any atom is 0.307 e. The highest BCUT2D eigenvalue weighted by molar-refractivity contribution is 14.1. The number of para-hydroxylation sites is 1. The lowest BCUT2D eigenvalue weighted by Crippen LogP contribution is -2.16. The van der Waals surface area contributed by atoms with Gasteiger partial charge < -0.3 is 9.15 Å². The minimum absolute atomic E-state index is 0.166. The van der Waals surface area contributed by atoms with Gasteiger partial charge in [0.05, 0.1) is 9.78 Å². The van der Waals surface area contributed by atoms with Crippen LogP contribution in [-0.4, -0.2) is 12.1 Å². The number of nitrogens with zero attached hydrogens (tertiary/aromatic N) is 1. The molecule has 1 amide bonds. The van der Waals surface area contributed by atoms with Crippen molar-refractivity contribution in [3.05, 3.63) is 97.5 Å². The smallest absolute Gasteiger partial charge is 0.307 e. The number of ether oxygens (including phenoxy) is 1. The van der Waals surface area contributed by atoms with E-state index in [2.05, 4.69) is 49.0 Å². The van der Waals surface area contributed by atoms with Crippen molar-refractivity contribution in [3.63, 3.8) is 0 Å². The molecule has 0 unspecified atom stereocenters. The summed E-state index contributed by atoms with van der Waals surface area (Å²) < 4.78 is 26.6. The number of amides is 1. The van der Waals surface area contributed by atoms with Crippen LogP contribution in [0.2, 0.25) is 0 Å². The fourth-order valence-electron chi connectivity index (χ4n) is 2.91. The Morgan fingerprint density at radius 2 is 2.00 bits per heavy atom. The number of furan rings is 1. The summed E-state index contributed by atoms with van der Waals surface area (Å²) in [5.74, 6) is -0.0458. The molecular formula is C23H15BrFIN2O3. The van der Waals surface area contributed by atoms with E-state index in [9.17, 15) is 9.18 Å². The lowest BCUT2D eigenvalue weighted by molar-refractivity contribution is 0.0929. The Labute approximate surface area is 199 Å². The number of fused-ring (bicyclic) bond motifs is 1. The number of hydrazone groups is 1. The fourth-order valence-corrected chi connectivity index (χ4v) is 4.57. The van der Waals surface area contributed by atoms with Crippen LogP contribution in [0.3, 0.4) is 0 Å². The van der Waals surface area contributed by atoms with Crippen LogP contribution in [-0.2, 0) is 6.61 Å². The number of carbonyl (C=O) groups is 1. The van der Waals surface area contributed by atoms with Crippen LogP contribution in [0.5, 0.6) is 5.75 Å². The van der Waals surface area contributed by atoms with Gasteiger partial charge in [-0.2, -0.15) is 5.10 Å². The third kappa shape index (κ3) is 5.31. The van der Waals surface area contributed by atoms with E-state index in [1.165, 1.54) is 18.3 Å². The maximum atomic E-state index is 13.3. The molecule has 1 N–H and O–H groups in total. The van der Waals surface area contributed by atoms with Crippen LogP contribution in [0.15, 0.2) is 80.7 Å². The highest BCUT2D eigenvalue weighted by atomic mass is 127. The second-order valence-electron chi connectivity index (χ2n) is 6.57. The molecule has 0 saturated carbocycles. The lowest BCUT2D eigenvalue weighted by Gasteiger charge is -2.09. The monoisotopic (exact) mass is 592 g/mol. The van der Waals surface area contributed by atoms with E-state index in [-0.39, 0.29) is 18.2 Å². The van der Waals surface area contributed by atoms with E-state index in [0.29, 0.717) is 22.5 Å². The number of halogens is 3. The van der Waals surface area contributed by atoms with Gasteiger partial charge >= 0.3 is 5.91 Å². The molecule has 156 valence electrons. The third-order valence-electron chi connectivity index (χ3n) is 4.33. The zero-order chi connectivity index (χ0) is 21.8. The second-order valence-corrected chi connectivity index (χ2v) is 8.65. The number of benzene rings is 3. The molecule has 8 heteroatoms. The van der Waals surface area contributed by atoms with Crippen molar-refractivity contribution < 1.29 is 18.3 Å². The molecule has 0 aliphatic heterocycles. The average Bonchev–Trinajstić information content (AvgIpc) is 3.18. The predicted molar refractivity (Wildman–Crippen MR) is 129 cm³/mol. The average molecular weight is 593 g/mol. The molecule has 0 atom stereocenters. The molecule has 1 aromatic heterocycles. The van der Waals surface area contributed by atoms with Gasteiger partial charge in [0, 0.05) is 15.4 Å². The van der Waals surface area contributed by atoms with Gasteiger partial charge in [-0.1, -0.05) is 40.2 Å². The van der Waals surface area contributed by atoms with Crippen molar-refractivity contribution in [1.82, 2.24) is 5.43 Å². The molecule has 0 saturated heterocycles. The van der Waals surface area contributed by atoms with Crippen LogP contribution in [0.25, 0.3) is 11.0 Å². The van der Waals surface area contributed by atoms with Gasteiger partial charge in [0.1, 0.15) is 23.8 Å². The minimum Gasteiger partial charge on any atom is -0.488 e. The zero-order valence-electron chi connectivity index (χ0n) is 15.9. The molecular weight excluding hydrogens is 578 g/mol. The van der Waals surface area contributed by atoms with E-state index in [1.54, 1.807) is 30.3 Å². The number of carbonyl (C=O) groups excluding carboxylic acids is 1. The Kier molecular flexibility index (Phi) is 6.67. The summed E-state index contributed by atoms with van der Waals surface area (Å²) in [6.07, 6.45) is 1.49. The topological polar surface area (TPSA) is 63.8 Å². The van der Waals surface area contributed by atoms with Gasteiger partial charge in [-0.05, 0) is 70.6 Å². The van der Waals surface area contributed by atoms with E-state index < -0.39 is 5.91 Å². The number of nitrogens with one attached hydrogen (secondary N) is 1. The van der Waals surface area contributed by atoms with Gasteiger partial charge in [0.2, 0.25) is 0 Å². The highest BCUT2D eigenvalue weighted by Crippen LogP contribution is 2.28. The van der Waals surface area contributed by atoms with Crippen molar-refractivity contribution >= 4 is 61.6 Å². The fraction of sp³-hybridized carbons (Fsp3) is 0.0435. The largest absolute Gasteiger partial charge is 0.488 e. The Morgan fingerprint density at radius 1 is 1.16 bits per heavy atom. The van der Waals surface area contributed by atoms with E-state index >= 15 is 0 Å². The van der Waals surface area contributed by atoms with Gasteiger partial charge in [0.15, 0.2) is 5.76 Å². The summed E-state index contributed by atoms with van der Waals surface area (Å²) in [5, 5.41) is 4.85. The standard InChI is InChI=1S/C23H15BrFIN2O3/c24-17-9-16-10-21(31-22(16)19(26)11-17)23(29)28-27-12-15-5-1-2-7-20(15)30-13-14-4-3-6-18(25)8-14/h1-12H,13H2,(H,28,29)/b27-12-. The van der Waals surface area contributed by atoms with Crippen LogP contribution in [0.1, 0.15) is 21.7 Å². The summed E-state index contributed by atoms with van der Waals surface area (Å²) in [4.78, 5) is 12.4. The molecule has 4 rings (SSSR count). The molecule has 0 bridgehead atoms. The Bertz CT molecular complexity index is 1290.